The molecule has 1 nitrogen and oxygen atoms in total. The molecule has 0 aliphatic heterocycles. The SMILES string of the molecule is CS(=O)c1c(Br)cccc1-c1ccccc1Cl. The zero-order valence-electron chi connectivity index (χ0n) is 9.11. The van der Waals surface area contributed by atoms with Crippen molar-refractivity contribution in [1.82, 2.24) is 0 Å². The van der Waals surface area contributed by atoms with Gasteiger partial charge in [-0.3, -0.25) is 4.21 Å². The first kappa shape index (κ1) is 12.8. The van der Waals surface area contributed by atoms with Gasteiger partial charge >= 0.3 is 0 Å². The molecular formula is C13H10BrClOS. The van der Waals surface area contributed by atoms with E-state index in [1.54, 1.807) is 6.26 Å². The minimum absolute atomic E-state index is 0.664. The van der Waals surface area contributed by atoms with E-state index in [1.807, 2.05) is 42.5 Å². The molecule has 0 aliphatic rings. The van der Waals surface area contributed by atoms with Crippen LogP contribution in [0.5, 0.6) is 0 Å². The van der Waals surface area contributed by atoms with Gasteiger partial charge in [0.1, 0.15) is 0 Å². The minimum atomic E-state index is -1.07. The fraction of sp³-hybridized carbons (Fsp3) is 0.0769. The predicted molar refractivity (Wildman–Crippen MR) is 76.9 cm³/mol. The van der Waals surface area contributed by atoms with E-state index < -0.39 is 10.8 Å². The lowest BCUT2D eigenvalue weighted by atomic mass is 10.1. The molecule has 0 amide bonds. The van der Waals surface area contributed by atoms with E-state index in [-0.39, 0.29) is 0 Å². The van der Waals surface area contributed by atoms with Crippen LogP contribution < -0.4 is 0 Å². The molecule has 0 saturated heterocycles. The molecule has 0 heterocycles. The smallest absolute Gasteiger partial charge is 0.0606 e. The van der Waals surface area contributed by atoms with Crippen LogP contribution in [-0.2, 0) is 10.8 Å². The van der Waals surface area contributed by atoms with Crippen molar-refractivity contribution < 1.29 is 4.21 Å². The van der Waals surface area contributed by atoms with Gasteiger partial charge in [-0.1, -0.05) is 41.9 Å². The summed E-state index contributed by atoms with van der Waals surface area (Å²) in [5.41, 5.74) is 1.81. The number of rotatable bonds is 2. The lowest BCUT2D eigenvalue weighted by Crippen LogP contribution is -1.94. The summed E-state index contributed by atoms with van der Waals surface area (Å²) in [5.74, 6) is 0. The number of hydrogen-bond donors (Lipinski definition) is 0. The summed E-state index contributed by atoms with van der Waals surface area (Å²) in [7, 11) is -1.07. The van der Waals surface area contributed by atoms with Crippen molar-refractivity contribution in [3.05, 3.63) is 52.0 Å². The van der Waals surface area contributed by atoms with Gasteiger partial charge in [-0.15, -0.1) is 0 Å². The molecule has 1 atom stereocenters. The average molecular weight is 330 g/mol. The monoisotopic (exact) mass is 328 g/mol. The van der Waals surface area contributed by atoms with E-state index in [1.165, 1.54) is 0 Å². The zero-order valence-corrected chi connectivity index (χ0v) is 12.3. The zero-order chi connectivity index (χ0) is 12.4. The van der Waals surface area contributed by atoms with Crippen LogP contribution in [0.15, 0.2) is 51.8 Å². The molecule has 1 unspecified atom stereocenters. The van der Waals surface area contributed by atoms with Crippen LogP contribution in [0.2, 0.25) is 5.02 Å². The number of benzene rings is 2. The summed E-state index contributed by atoms with van der Waals surface area (Å²) in [4.78, 5) is 0.778. The third-order valence-electron chi connectivity index (χ3n) is 2.42. The van der Waals surface area contributed by atoms with Crippen molar-refractivity contribution in [2.24, 2.45) is 0 Å². The maximum atomic E-state index is 11.8. The van der Waals surface area contributed by atoms with Crippen LogP contribution in [0, 0.1) is 0 Å². The summed E-state index contributed by atoms with van der Waals surface area (Å²) in [6.07, 6.45) is 1.67. The minimum Gasteiger partial charge on any atom is -0.255 e. The van der Waals surface area contributed by atoms with Crippen molar-refractivity contribution in [1.29, 1.82) is 0 Å². The molecule has 0 fully saturated rings. The van der Waals surface area contributed by atoms with E-state index in [4.69, 9.17) is 11.6 Å². The molecule has 0 aliphatic carbocycles. The molecular weight excluding hydrogens is 320 g/mol. The molecule has 0 radical (unpaired) electrons. The quantitative estimate of drug-likeness (QED) is 0.792. The Morgan fingerprint density at radius 3 is 2.35 bits per heavy atom. The Balaban J connectivity index is 2.72. The lowest BCUT2D eigenvalue weighted by molar-refractivity contribution is 0.686. The third kappa shape index (κ3) is 2.62. The van der Waals surface area contributed by atoms with E-state index in [0.29, 0.717) is 5.02 Å². The molecule has 0 saturated carbocycles. The molecule has 2 aromatic rings. The van der Waals surface area contributed by atoms with Crippen molar-refractivity contribution in [3.8, 4) is 11.1 Å². The average Bonchev–Trinajstić information content (AvgIpc) is 2.28. The topological polar surface area (TPSA) is 17.1 Å². The fourth-order valence-corrected chi connectivity index (χ4v) is 3.81. The Bertz CT molecular complexity index is 583. The normalized spacial score (nSPS) is 12.4. The van der Waals surface area contributed by atoms with Gasteiger partial charge in [-0.25, -0.2) is 0 Å². The molecule has 2 rings (SSSR count). The Morgan fingerprint density at radius 2 is 1.71 bits per heavy atom. The Kier molecular flexibility index (Phi) is 4.02. The second-order valence-electron chi connectivity index (χ2n) is 3.55. The summed E-state index contributed by atoms with van der Waals surface area (Å²) in [5, 5.41) is 0.664. The van der Waals surface area contributed by atoms with Crippen LogP contribution >= 0.6 is 27.5 Å². The van der Waals surface area contributed by atoms with Gasteiger partial charge in [0.25, 0.3) is 0 Å². The molecule has 17 heavy (non-hydrogen) atoms. The summed E-state index contributed by atoms with van der Waals surface area (Å²) >= 11 is 9.61. The lowest BCUT2D eigenvalue weighted by Gasteiger charge is -2.10. The van der Waals surface area contributed by atoms with Crippen molar-refractivity contribution in [2.45, 2.75) is 4.90 Å². The van der Waals surface area contributed by atoms with Gasteiger partial charge in [0, 0.05) is 26.9 Å². The standard InChI is InChI=1S/C13H10BrClOS/c1-17(16)13-10(6-4-7-11(13)14)9-5-2-3-8-12(9)15/h2-8H,1H3. The Hall–Kier alpha value is -0.640. The van der Waals surface area contributed by atoms with E-state index in [9.17, 15) is 4.21 Å². The van der Waals surface area contributed by atoms with Gasteiger partial charge in [0.05, 0.1) is 15.7 Å². The number of hydrogen-bond acceptors (Lipinski definition) is 1. The highest BCUT2D eigenvalue weighted by Gasteiger charge is 2.13. The largest absolute Gasteiger partial charge is 0.255 e. The summed E-state index contributed by atoms with van der Waals surface area (Å²) in [6.45, 7) is 0. The molecule has 0 spiro atoms. The molecule has 88 valence electrons. The maximum Gasteiger partial charge on any atom is 0.0606 e. The van der Waals surface area contributed by atoms with Crippen LogP contribution in [0.4, 0.5) is 0 Å². The van der Waals surface area contributed by atoms with Gasteiger partial charge < -0.3 is 0 Å². The maximum absolute atomic E-state index is 11.8. The third-order valence-corrected chi connectivity index (χ3v) is 4.69. The van der Waals surface area contributed by atoms with E-state index >= 15 is 0 Å². The second kappa shape index (κ2) is 5.34. The van der Waals surface area contributed by atoms with Crippen LogP contribution in [0.3, 0.4) is 0 Å². The first-order chi connectivity index (χ1) is 8.11. The summed E-state index contributed by atoms with van der Waals surface area (Å²) < 4.78 is 12.7. The second-order valence-corrected chi connectivity index (χ2v) is 6.13. The highest BCUT2D eigenvalue weighted by Crippen LogP contribution is 2.35. The predicted octanol–water partition coefficient (Wildman–Crippen LogP) is 4.51. The van der Waals surface area contributed by atoms with Crippen molar-refractivity contribution >= 4 is 38.3 Å². The van der Waals surface area contributed by atoms with E-state index in [2.05, 4.69) is 15.9 Å². The molecule has 0 N–H and O–H groups in total. The van der Waals surface area contributed by atoms with Crippen molar-refractivity contribution in [3.63, 3.8) is 0 Å². The van der Waals surface area contributed by atoms with Gasteiger partial charge in [0.2, 0.25) is 0 Å². The van der Waals surface area contributed by atoms with Crippen LogP contribution in [0.25, 0.3) is 11.1 Å². The molecule has 0 bridgehead atoms. The molecule has 2 aromatic carbocycles. The van der Waals surface area contributed by atoms with Crippen molar-refractivity contribution in [2.75, 3.05) is 6.26 Å². The Labute approximate surface area is 116 Å². The highest BCUT2D eigenvalue weighted by molar-refractivity contribution is 9.10. The van der Waals surface area contributed by atoms with E-state index in [0.717, 1.165) is 20.5 Å². The van der Waals surface area contributed by atoms with Gasteiger partial charge in [-0.2, -0.15) is 0 Å². The first-order valence-corrected chi connectivity index (χ1v) is 7.71. The van der Waals surface area contributed by atoms with Crippen LogP contribution in [-0.4, -0.2) is 10.5 Å². The Morgan fingerprint density at radius 1 is 1.06 bits per heavy atom. The number of halogens is 2. The molecule has 0 aromatic heterocycles. The molecule has 4 heteroatoms. The fourth-order valence-electron chi connectivity index (χ4n) is 1.69. The van der Waals surface area contributed by atoms with Crippen LogP contribution in [0.1, 0.15) is 0 Å². The van der Waals surface area contributed by atoms with Gasteiger partial charge in [-0.05, 0) is 28.1 Å². The first-order valence-electron chi connectivity index (χ1n) is 4.98. The van der Waals surface area contributed by atoms with Gasteiger partial charge in [0.15, 0.2) is 0 Å². The highest BCUT2D eigenvalue weighted by atomic mass is 79.9. The summed E-state index contributed by atoms with van der Waals surface area (Å²) in [6, 6.07) is 13.3.